The molecule has 3 rings (SSSR count). The summed E-state index contributed by atoms with van der Waals surface area (Å²) in [7, 11) is -7.60. The lowest BCUT2D eigenvalue weighted by molar-refractivity contribution is 0.117. The average Bonchev–Trinajstić information content (AvgIpc) is 2.84. The molecule has 0 aromatic heterocycles. The molecule has 1 aliphatic rings. The van der Waals surface area contributed by atoms with Crippen LogP contribution in [0.3, 0.4) is 0 Å². The molecule has 2 aromatic carbocycles. The molecule has 1 fully saturated rings. The van der Waals surface area contributed by atoms with Crippen molar-refractivity contribution >= 4 is 30.6 Å². The van der Waals surface area contributed by atoms with E-state index in [1.54, 1.807) is 18.2 Å². The Hall–Kier alpha value is -1.52. The lowest BCUT2D eigenvalue weighted by Crippen LogP contribution is -2.47. The van der Waals surface area contributed by atoms with Gasteiger partial charge in [-0.1, -0.05) is 30.3 Å². The van der Waals surface area contributed by atoms with E-state index in [1.807, 2.05) is 12.1 Å². The molecule has 2 atom stereocenters. The maximum absolute atomic E-state index is 13.0. The van der Waals surface area contributed by atoms with Gasteiger partial charge in [0.25, 0.3) is 0 Å². The van der Waals surface area contributed by atoms with Crippen molar-refractivity contribution in [2.24, 2.45) is 0 Å². The van der Waals surface area contributed by atoms with E-state index in [1.165, 1.54) is 12.1 Å². The van der Waals surface area contributed by atoms with E-state index in [0.717, 1.165) is 15.1 Å². The summed E-state index contributed by atoms with van der Waals surface area (Å²) in [5.41, 5.74) is 0. The van der Waals surface area contributed by atoms with E-state index in [4.69, 9.17) is 0 Å². The number of sulfone groups is 1. The van der Waals surface area contributed by atoms with Crippen LogP contribution in [0.15, 0.2) is 47.4 Å². The number of hydrogen-bond donors (Lipinski definition) is 2. The minimum Gasteiger partial charge on any atom is -0.395 e. The van der Waals surface area contributed by atoms with Crippen molar-refractivity contribution in [3.05, 3.63) is 42.5 Å². The molecule has 0 radical (unpaired) electrons. The Morgan fingerprint density at radius 2 is 1.76 bits per heavy atom. The second-order valence-electron chi connectivity index (χ2n) is 6.06. The Kier molecular flexibility index (Phi) is 4.86. The van der Waals surface area contributed by atoms with Crippen LogP contribution in [0.25, 0.3) is 10.8 Å². The topological polar surface area (TPSA) is 112 Å². The van der Waals surface area contributed by atoms with Gasteiger partial charge in [-0.2, -0.15) is 4.31 Å². The van der Waals surface area contributed by atoms with Gasteiger partial charge in [0.2, 0.25) is 10.0 Å². The molecule has 0 aliphatic carbocycles. The first-order valence-corrected chi connectivity index (χ1v) is 11.0. The van der Waals surface area contributed by atoms with E-state index in [-0.39, 0.29) is 11.4 Å². The maximum atomic E-state index is 13.0. The van der Waals surface area contributed by atoms with Gasteiger partial charge in [0.15, 0.2) is 9.84 Å². The van der Waals surface area contributed by atoms with Gasteiger partial charge in [0.05, 0.1) is 35.2 Å². The third kappa shape index (κ3) is 3.56. The summed E-state index contributed by atoms with van der Waals surface area (Å²) < 4.78 is 50.4. The number of benzene rings is 2. The number of hydrogen-bond acceptors (Lipinski definition) is 6. The van der Waals surface area contributed by atoms with Crippen molar-refractivity contribution in [3.8, 4) is 0 Å². The minimum absolute atomic E-state index is 0.00357. The highest BCUT2D eigenvalue weighted by Gasteiger charge is 2.44. The summed E-state index contributed by atoms with van der Waals surface area (Å²) in [6.07, 6.45) is -1.31. The number of fused-ring (bicyclic) bond motifs is 1. The predicted molar refractivity (Wildman–Crippen MR) is 93.4 cm³/mol. The molecule has 0 unspecified atom stereocenters. The average molecular weight is 385 g/mol. The van der Waals surface area contributed by atoms with Gasteiger partial charge in [-0.25, -0.2) is 16.8 Å². The van der Waals surface area contributed by atoms with Crippen molar-refractivity contribution in [1.29, 1.82) is 0 Å². The van der Waals surface area contributed by atoms with Gasteiger partial charge in [0.1, 0.15) is 0 Å². The lowest BCUT2D eigenvalue weighted by Gasteiger charge is -2.28. The first-order chi connectivity index (χ1) is 11.7. The fraction of sp³-hybridized carbons (Fsp3) is 0.375. The first-order valence-electron chi connectivity index (χ1n) is 7.74. The zero-order valence-corrected chi connectivity index (χ0v) is 14.9. The monoisotopic (exact) mass is 385 g/mol. The summed E-state index contributed by atoms with van der Waals surface area (Å²) in [6.45, 7) is -0.761. The number of sulfonamides is 1. The molecule has 2 N–H and O–H groups in total. The molecule has 1 saturated heterocycles. The zero-order chi connectivity index (χ0) is 18.2. The third-order valence-electron chi connectivity index (χ3n) is 4.31. The van der Waals surface area contributed by atoms with Gasteiger partial charge in [0, 0.05) is 6.54 Å². The van der Waals surface area contributed by atoms with E-state index in [9.17, 15) is 27.0 Å². The molecule has 0 spiro atoms. The number of nitrogens with zero attached hydrogens (tertiary/aromatic N) is 1. The number of aliphatic hydroxyl groups excluding tert-OH is 2. The molecule has 25 heavy (non-hydrogen) atoms. The Morgan fingerprint density at radius 1 is 1.08 bits per heavy atom. The van der Waals surface area contributed by atoms with Crippen LogP contribution in [0.4, 0.5) is 0 Å². The fourth-order valence-electron chi connectivity index (χ4n) is 3.11. The molecule has 136 valence electrons. The van der Waals surface area contributed by atoms with Crippen LogP contribution in [0, 0.1) is 0 Å². The molecule has 0 saturated carbocycles. The molecule has 0 amide bonds. The quantitative estimate of drug-likeness (QED) is 0.748. The lowest BCUT2D eigenvalue weighted by atomic mass is 10.1. The molecule has 2 aromatic rings. The van der Waals surface area contributed by atoms with Gasteiger partial charge in [-0.05, 0) is 22.9 Å². The second kappa shape index (κ2) is 6.65. The van der Waals surface area contributed by atoms with Crippen LogP contribution in [0.5, 0.6) is 0 Å². The van der Waals surface area contributed by atoms with E-state index in [0.29, 0.717) is 0 Å². The summed E-state index contributed by atoms with van der Waals surface area (Å²) in [5, 5.41) is 20.9. The minimum atomic E-state index is -4.07. The predicted octanol–water partition coefficient (Wildman–Crippen LogP) is -0.0193. The van der Waals surface area contributed by atoms with Gasteiger partial charge >= 0.3 is 0 Å². The van der Waals surface area contributed by atoms with Crippen LogP contribution in [0.1, 0.15) is 0 Å². The van der Waals surface area contributed by atoms with Crippen molar-refractivity contribution in [2.75, 3.05) is 24.7 Å². The molecular formula is C16H19NO6S2. The SMILES string of the molecule is O=S1(=O)C[C@H](O)[C@@H](N(CCO)S(=O)(=O)c2ccc3ccccc3c2)C1. The summed E-state index contributed by atoms with van der Waals surface area (Å²) >= 11 is 0. The van der Waals surface area contributed by atoms with Crippen LogP contribution < -0.4 is 0 Å². The second-order valence-corrected chi connectivity index (χ2v) is 10.1. The zero-order valence-electron chi connectivity index (χ0n) is 13.3. The van der Waals surface area contributed by atoms with Crippen LogP contribution in [0.2, 0.25) is 0 Å². The van der Waals surface area contributed by atoms with E-state index >= 15 is 0 Å². The third-order valence-corrected chi connectivity index (χ3v) is 7.93. The van der Waals surface area contributed by atoms with E-state index in [2.05, 4.69) is 0 Å². The Bertz CT molecular complexity index is 987. The van der Waals surface area contributed by atoms with Gasteiger partial charge in [-0.3, -0.25) is 0 Å². The van der Waals surface area contributed by atoms with Gasteiger partial charge in [-0.15, -0.1) is 0 Å². The molecule has 9 heteroatoms. The van der Waals surface area contributed by atoms with Crippen molar-refractivity contribution < 1.29 is 27.0 Å². The van der Waals surface area contributed by atoms with Gasteiger partial charge < -0.3 is 10.2 Å². The smallest absolute Gasteiger partial charge is 0.243 e. The van der Waals surface area contributed by atoms with Crippen molar-refractivity contribution in [1.82, 2.24) is 4.31 Å². The highest BCUT2D eigenvalue weighted by Crippen LogP contribution is 2.27. The van der Waals surface area contributed by atoms with Crippen LogP contribution >= 0.6 is 0 Å². The van der Waals surface area contributed by atoms with Crippen molar-refractivity contribution in [2.45, 2.75) is 17.0 Å². The normalized spacial score (nSPS) is 23.3. The van der Waals surface area contributed by atoms with Crippen LogP contribution in [-0.2, 0) is 19.9 Å². The number of rotatable bonds is 5. The largest absolute Gasteiger partial charge is 0.395 e. The fourth-order valence-corrected chi connectivity index (χ4v) is 6.69. The Balaban J connectivity index is 2.04. The molecular weight excluding hydrogens is 366 g/mol. The number of aliphatic hydroxyl groups is 2. The standard InChI is InChI=1S/C16H19NO6S2/c18-8-7-17(15-10-24(20,21)11-16(15)19)25(22,23)14-6-5-12-3-1-2-4-13(12)9-14/h1-6,9,15-16,18-19H,7-8,10-11H2/t15-,16-/m0/s1. The summed E-state index contributed by atoms with van der Waals surface area (Å²) in [6, 6.07) is 10.8. The maximum Gasteiger partial charge on any atom is 0.243 e. The highest BCUT2D eigenvalue weighted by molar-refractivity contribution is 7.92. The molecule has 1 aliphatic heterocycles. The Labute approximate surface area is 146 Å². The molecule has 1 heterocycles. The highest BCUT2D eigenvalue weighted by atomic mass is 32.2. The summed E-state index contributed by atoms with van der Waals surface area (Å²) in [5.74, 6) is -0.937. The van der Waals surface area contributed by atoms with Crippen molar-refractivity contribution in [3.63, 3.8) is 0 Å². The molecule has 0 bridgehead atoms. The first kappa shape index (κ1) is 18.3. The summed E-state index contributed by atoms with van der Waals surface area (Å²) in [4.78, 5) is -0.00357. The van der Waals surface area contributed by atoms with Crippen LogP contribution in [-0.4, -0.2) is 68.2 Å². The molecule has 7 nitrogen and oxygen atoms in total. The Morgan fingerprint density at radius 3 is 2.36 bits per heavy atom. The van der Waals surface area contributed by atoms with E-state index < -0.39 is 50.1 Å².